The Balaban J connectivity index is 1.37. The van der Waals surface area contributed by atoms with Gasteiger partial charge in [0.15, 0.2) is 0 Å². The predicted octanol–water partition coefficient (Wildman–Crippen LogP) is 6.47. The van der Waals surface area contributed by atoms with Crippen molar-refractivity contribution in [3.63, 3.8) is 0 Å². The van der Waals surface area contributed by atoms with E-state index in [0.29, 0.717) is 18.4 Å². The number of hydrogen-bond donors (Lipinski definition) is 0. The molecule has 0 unspecified atom stereocenters. The van der Waals surface area contributed by atoms with Crippen LogP contribution in [0, 0.1) is 5.82 Å². The molecule has 0 aliphatic carbocycles. The Labute approximate surface area is 196 Å². The Bertz CT molecular complexity index is 1210. The topological polar surface area (TPSA) is 34.2 Å². The fourth-order valence-electron chi connectivity index (χ4n) is 4.79. The lowest BCUT2D eigenvalue weighted by Crippen LogP contribution is -2.21. The zero-order valence-corrected chi connectivity index (χ0v) is 19.7. The minimum Gasteiger partial charge on any atom is -0.464 e. The number of fused-ring (bicyclic) bond motifs is 1. The third-order valence-corrected chi connectivity index (χ3v) is 6.84. The van der Waals surface area contributed by atoms with Gasteiger partial charge in [-0.2, -0.15) is 0 Å². The highest BCUT2D eigenvalue weighted by Crippen LogP contribution is 2.30. The van der Waals surface area contributed by atoms with Crippen LogP contribution in [0.2, 0.25) is 0 Å². The maximum atomic E-state index is 15.0. The van der Waals surface area contributed by atoms with Gasteiger partial charge in [0.25, 0.3) is 0 Å². The van der Waals surface area contributed by atoms with Crippen molar-refractivity contribution in [1.29, 1.82) is 0 Å². The third-order valence-electron chi connectivity index (χ3n) is 6.38. The Morgan fingerprint density at radius 3 is 2.81 bits per heavy atom. The summed E-state index contributed by atoms with van der Waals surface area (Å²) in [6.45, 7) is 4.42. The molecule has 0 amide bonds. The molecular weight excluding hydrogens is 469 g/mol. The normalized spacial score (nSPS) is 14.6. The molecule has 0 saturated carbocycles. The van der Waals surface area contributed by atoms with E-state index in [4.69, 9.17) is 4.42 Å². The molecule has 0 bridgehead atoms. The summed E-state index contributed by atoms with van der Waals surface area (Å²) in [7, 11) is 0. The highest BCUT2D eigenvalue weighted by Gasteiger charge is 2.17. The zero-order valence-electron chi connectivity index (χ0n) is 18.1. The van der Waals surface area contributed by atoms with E-state index in [2.05, 4.69) is 36.4 Å². The summed E-state index contributed by atoms with van der Waals surface area (Å²) in [6.07, 6.45) is 10.5. The second-order valence-corrected chi connectivity index (χ2v) is 9.43. The van der Waals surface area contributed by atoms with Crippen LogP contribution >= 0.6 is 15.9 Å². The average molecular weight is 496 g/mol. The van der Waals surface area contributed by atoms with Crippen LogP contribution in [0.3, 0.4) is 0 Å². The van der Waals surface area contributed by atoms with E-state index in [0.717, 1.165) is 51.9 Å². The van der Waals surface area contributed by atoms with E-state index in [1.54, 1.807) is 18.4 Å². The summed E-state index contributed by atoms with van der Waals surface area (Å²) in [6, 6.07) is 11.4. The molecule has 1 fully saturated rings. The van der Waals surface area contributed by atoms with Gasteiger partial charge in [0, 0.05) is 34.4 Å². The van der Waals surface area contributed by atoms with Gasteiger partial charge >= 0.3 is 0 Å². The van der Waals surface area contributed by atoms with Gasteiger partial charge in [0.05, 0.1) is 6.26 Å². The van der Waals surface area contributed by atoms with Crippen molar-refractivity contribution >= 4 is 26.9 Å². The number of nitrogens with zero attached hydrogens (tertiary/aromatic N) is 3. The summed E-state index contributed by atoms with van der Waals surface area (Å²) >= 11 is 3.58. The minimum atomic E-state index is -0.181. The fraction of sp³-hybridized carbons (Fsp3) is 0.346. The number of aromatic nitrogens is 2. The van der Waals surface area contributed by atoms with Gasteiger partial charge in [-0.15, -0.1) is 0 Å². The molecule has 1 saturated heterocycles. The molecule has 2 aromatic carbocycles. The Morgan fingerprint density at radius 2 is 1.94 bits per heavy atom. The molecule has 166 valence electrons. The van der Waals surface area contributed by atoms with Gasteiger partial charge in [0.1, 0.15) is 17.2 Å². The lowest BCUT2D eigenvalue weighted by atomic mass is 9.98. The quantitative estimate of drug-likeness (QED) is 0.281. The van der Waals surface area contributed by atoms with Crippen LogP contribution in [-0.4, -0.2) is 34.1 Å². The first-order valence-electron chi connectivity index (χ1n) is 11.4. The van der Waals surface area contributed by atoms with Crippen LogP contribution in [0.15, 0.2) is 63.9 Å². The highest BCUT2D eigenvalue weighted by atomic mass is 79.9. The lowest BCUT2D eigenvalue weighted by Gasteiger charge is -2.16. The van der Waals surface area contributed by atoms with Crippen LogP contribution in [-0.2, 0) is 19.4 Å². The highest BCUT2D eigenvalue weighted by molar-refractivity contribution is 9.10. The fourth-order valence-corrected chi connectivity index (χ4v) is 5.31. The Kier molecular flexibility index (Phi) is 6.42. The van der Waals surface area contributed by atoms with Gasteiger partial charge in [0.2, 0.25) is 0 Å². The van der Waals surface area contributed by atoms with Crippen molar-refractivity contribution < 1.29 is 8.81 Å². The van der Waals surface area contributed by atoms with Gasteiger partial charge in [-0.1, -0.05) is 28.1 Å². The van der Waals surface area contributed by atoms with E-state index in [-0.39, 0.29) is 5.82 Å². The molecule has 32 heavy (non-hydrogen) atoms. The first kappa shape index (κ1) is 21.4. The van der Waals surface area contributed by atoms with Crippen molar-refractivity contribution in [3.05, 3.63) is 76.5 Å². The van der Waals surface area contributed by atoms with Crippen molar-refractivity contribution in [1.82, 2.24) is 14.5 Å². The van der Waals surface area contributed by atoms with Gasteiger partial charge in [-0.3, -0.25) is 0 Å². The summed E-state index contributed by atoms with van der Waals surface area (Å²) in [4.78, 5) is 7.13. The van der Waals surface area contributed by atoms with E-state index in [1.807, 2.05) is 30.6 Å². The molecule has 4 aromatic rings. The average Bonchev–Trinajstić information content (AvgIpc) is 3.54. The monoisotopic (exact) mass is 495 g/mol. The Morgan fingerprint density at radius 1 is 1.06 bits per heavy atom. The van der Waals surface area contributed by atoms with Crippen molar-refractivity contribution in [2.45, 2.75) is 38.6 Å². The molecule has 5 rings (SSSR count). The molecule has 4 nitrogen and oxygen atoms in total. The zero-order chi connectivity index (χ0) is 21.9. The number of aryl methyl sites for hydroxylation is 2. The molecule has 6 heteroatoms. The predicted molar refractivity (Wildman–Crippen MR) is 129 cm³/mol. The minimum absolute atomic E-state index is 0.181. The molecule has 0 radical (unpaired) electrons. The second kappa shape index (κ2) is 9.59. The molecule has 2 aromatic heterocycles. The number of rotatable bonds is 8. The van der Waals surface area contributed by atoms with Crippen LogP contribution in [0.5, 0.6) is 0 Å². The van der Waals surface area contributed by atoms with Crippen LogP contribution in [0.1, 0.15) is 30.4 Å². The number of halogens is 2. The SMILES string of the molecule is Fc1cccc(-c2nccn2CCCN2CCCC2)c1CCc1cc(Br)cc2ccoc12. The Hall–Kier alpha value is -2.44. The van der Waals surface area contributed by atoms with Gasteiger partial charge in [-0.25, -0.2) is 9.37 Å². The van der Waals surface area contributed by atoms with E-state index < -0.39 is 0 Å². The summed E-state index contributed by atoms with van der Waals surface area (Å²) in [5, 5.41) is 1.05. The molecule has 0 N–H and O–H groups in total. The molecular formula is C26H27BrFN3O. The smallest absolute Gasteiger partial charge is 0.140 e. The molecule has 0 spiro atoms. The molecule has 3 heterocycles. The van der Waals surface area contributed by atoms with Crippen LogP contribution in [0.25, 0.3) is 22.4 Å². The largest absolute Gasteiger partial charge is 0.464 e. The number of furan rings is 1. The second-order valence-electron chi connectivity index (χ2n) is 8.52. The first-order valence-corrected chi connectivity index (χ1v) is 12.2. The first-order chi connectivity index (χ1) is 15.7. The van der Waals surface area contributed by atoms with Gasteiger partial charge in [-0.05, 0) is 87.1 Å². The summed E-state index contributed by atoms with van der Waals surface area (Å²) < 4.78 is 23.9. The van der Waals surface area contributed by atoms with Crippen molar-refractivity contribution in [3.8, 4) is 11.4 Å². The summed E-state index contributed by atoms with van der Waals surface area (Å²) in [5.41, 5.74) is 3.53. The number of hydrogen-bond acceptors (Lipinski definition) is 3. The number of likely N-dealkylation sites (tertiary alicyclic amines) is 1. The summed E-state index contributed by atoms with van der Waals surface area (Å²) in [5.74, 6) is 0.665. The third kappa shape index (κ3) is 4.52. The molecule has 1 aliphatic heterocycles. The van der Waals surface area contributed by atoms with Gasteiger partial charge < -0.3 is 13.9 Å². The van der Waals surface area contributed by atoms with E-state index in [9.17, 15) is 4.39 Å². The molecule has 0 atom stereocenters. The maximum Gasteiger partial charge on any atom is 0.140 e. The van der Waals surface area contributed by atoms with Crippen molar-refractivity contribution in [2.24, 2.45) is 0 Å². The van der Waals surface area contributed by atoms with Crippen LogP contribution < -0.4 is 0 Å². The maximum absolute atomic E-state index is 15.0. The van der Waals surface area contributed by atoms with E-state index in [1.165, 1.54) is 25.9 Å². The molecule has 1 aliphatic rings. The van der Waals surface area contributed by atoms with Crippen molar-refractivity contribution in [2.75, 3.05) is 19.6 Å². The van der Waals surface area contributed by atoms with E-state index >= 15 is 0 Å². The van der Waals surface area contributed by atoms with Crippen LogP contribution in [0.4, 0.5) is 4.39 Å². The number of benzene rings is 2. The standard InChI is InChI=1S/C26H27BrFN3O/c27-21-17-19(25-20(18-21)9-16-32-25)7-8-22-23(5-3-6-24(22)28)26-29-10-15-31(26)14-4-13-30-11-1-2-12-30/h3,5-6,9-10,15-18H,1-2,4,7-8,11-14H2. The lowest BCUT2D eigenvalue weighted by molar-refractivity contribution is 0.325. The number of imidazole rings is 1.